The monoisotopic (exact) mass is 426 g/mol. The summed E-state index contributed by atoms with van der Waals surface area (Å²) in [6.45, 7) is 0. The summed E-state index contributed by atoms with van der Waals surface area (Å²) in [5.74, 6) is -3.42. The first-order valence-corrected chi connectivity index (χ1v) is 8.66. The minimum atomic E-state index is -1.93. The Balaban J connectivity index is 2.69. The Bertz CT molecular complexity index is 1080. The zero-order chi connectivity index (χ0) is 23.2. The van der Waals surface area contributed by atoms with Gasteiger partial charge in [-0.2, -0.15) is 5.26 Å². The maximum absolute atomic E-state index is 12.3. The third kappa shape index (κ3) is 4.20. The second kappa shape index (κ2) is 9.49. The zero-order valence-electron chi connectivity index (χ0n) is 17.1. The highest BCUT2D eigenvalue weighted by Gasteiger charge is 2.44. The molecule has 0 aliphatic carbocycles. The molecule has 10 nitrogen and oxygen atoms in total. The van der Waals surface area contributed by atoms with Gasteiger partial charge in [0.2, 0.25) is 0 Å². The summed E-state index contributed by atoms with van der Waals surface area (Å²) in [6.07, 6.45) is 3.55. The van der Waals surface area contributed by atoms with Gasteiger partial charge in [-0.3, -0.25) is 4.99 Å². The third-order valence-corrected chi connectivity index (χ3v) is 4.41. The van der Waals surface area contributed by atoms with Gasteiger partial charge in [0, 0.05) is 6.21 Å². The quantitative estimate of drug-likeness (QED) is 0.485. The smallest absolute Gasteiger partial charge is 0.340 e. The molecule has 0 radical (unpaired) electrons. The largest absolute Gasteiger partial charge is 0.466 e. The molecule has 0 aromatic heterocycles. The maximum Gasteiger partial charge on any atom is 0.340 e. The lowest BCUT2D eigenvalue weighted by Gasteiger charge is -2.17. The Morgan fingerprint density at radius 1 is 0.935 bits per heavy atom. The molecule has 1 atom stereocenters. The molecule has 0 amide bonds. The number of aliphatic imine (C=N–C) groups is 1. The number of nitriles is 1. The van der Waals surface area contributed by atoms with E-state index in [1.807, 2.05) is 6.07 Å². The predicted octanol–water partition coefficient (Wildman–Crippen LogP) is 1.26. The fourth-order valence-corrected chi connectivity index (χ4v) is 2.91. The normalized spacial score (nSPS) is 17.3. The average molecular weight is 426 g/mol. The van der Waals surface area contributed by atoms with E-state index in [0.717, 1.165) is 34.7 Å². The van der Waals surface area contributed by atoms with Crippen LogP contribution in [0.5, 0.6) is 0 Å². The lowest BCUT2D eigenvalue weighted by Crippen LogP contribution is -2.29. The van der Waals surface area contributed by atoms with Crippen molar-refractivity contribution < 1.29 is 38.1 Å². The number of benzene rings is 1. The highest BCUT2D eigenvalue weighted by molar-refractivity contribution is 6.19. The molecule has 0 saturated carbocycles. The van der Waals surface area contributed by atoms with Crippen LogP contribution in [-0.2, 0) is 28.5 Å². The topological polar surface area (TPSA) is 141 Å². The molecular formula is C21H18N2O8. The Kier molecular flexibility index (Phi) is 7.05. The first-order valence-electron chi connectivity index (χ1n) is 8.66. The molecule has 0 bridgehead atoms. The standard InChI is InChI=1S/C21H18N2O8/c1-28-17(24)13-7-5-6-12(15(13)19(26)30-3)8-9-21(11-22)16(20(27)31-4)14(10-23-21)18(25)29-2/h5-10H,1-4H3/b9-8-. The van der Waals surface area contributed by atoms with Crippen molar-refractivity contribution in [3.05, 3.63) is 52.1 Å². The minimum Gasteiger partial charge on any atom is -0.466 e. The second-order valence-electron chi connectivity index (χ2n) is 5.99. The number of hydrogen-bond acceptors (Lipinski definition) is 10. The Morgan fingerprint density at radius 2 is 1.55 bits per heavy atom. The summed E-state index contributed by atoms with van der Waals surface area (Å²) in [4.78, 5) is 52.8. The number of ether oxygens (including phenoxy) is 4. The van der Waals surface area contributed by atoms with Crippen molar-refractivity contribution in [3.63, 3.8) is 0 Å². The van der Waals surface area contributed by atoms with Crippen LogP contribution in [0.3, 0.4) is 0 Å². The van der Waals surface area contributed by atoms with Gasteiger partial charge in [0.05, 0.1) is 50.7 Å². The van der Waals surface area contributed by atoms with Crippen LogP contribution in [0.25, 0.3) is 6.08 Å². The molecule has 31 heavy (non-hydrogen) atoms. The lowest BCUT2D eigenvalue weighted by atomic mass is 9.88. The predicted molar refractivity (Wildman–Crippen MR) is 106 cm³/mol. The van der Waals surface area contributed by atoms with Gasteiger partial charge in [-0.25, -0.2) is 19.2 Å². The van der Waals surface area contributed by atoms with Crippen molar-refractivity contribution in [1.29, 1.82) is 5.26 Å². The summed E-state index contributed by atoms with van der Waals surface area (Å²) >= 11 is 0. The maximum atomic E-state index is 12.3. The highest BCUT2D eigenvalue weighted by Crippen LogP contribution is 2.33. The summed E-state index contributed by atoms with van der Waals surface area (Å²) in [5.41, 5.74) is -2.49. The molecule has 1 heterocycles. The number of carbonyl (C=O) groups is 4. The highest BCUT2D eigenvalue weighted by atomic mass is 16.5. The summed E-state index contributed by atoms with van der Waals surface area (Å²) in [7, 11) is 4.50. The van der Waals surface area contributed by atoms with Gasteiger partial charge in [0.1, 0.15) is 6.07 Å². The first kappa shape index (κ1) is 23.0. The third-order valence-electron chi connectivity index (χ3n) is 4.41. The molecule has 160 valence electrons. The lowest BCUT2D eigenvalue weighted by molar-refractivity contribution is -0.139. The van der Waals surface area contributed by atoms with E-state index in [0.29, 0.717) is 0 Å². The molecule has 0 fully saturated rings. The number of esters is 4. The van der Waals surface area contributed by atoms with E-state index in [9.17, 15) is 24.4 Å². The molecule has 1 aromatic carbocycles. The van der Waals surface area contributed by atoms with Gasteiger partial charge in [0.25, 0.3) is 0 Å². The molecule has 0 N–H and O–H groups in total. The number of hydrogen-bond donors (Lipinski definition) is 0. The van der Waals surface area contributed by atoms with Gasteiger partial charge in [0.15, 0.2) is 5.54 Å². The first-order chi connectivity index (χ1) is 14.8. The van der Waals surface area contributed by atoms with E-state index >= 15 is 0 Å². The van der Waals surface area contributed by atoms with Crippen molar-refractivity contribution in [2.75, 3.05) is 28.4 Å². The molecule has 2 rings (SSSR count). The summed E-state index contributed by atoms with van der Waals surface area (Å²) < 4.78 is 18.8. The Hall–Kier alpha value is -4.26. The van der Waals surface area contributed by atoms with Crippen LogP contribution in [0, 0.1) is 11.3 Å². The zero-order valence-corrected chi connectivity index (χ0v) is 17.1. The van der Waals surface area contributed by atoms with Crippen LogP contribution < -0.4 is 0 Å². The van der Waals surface area contributed by atoms with Gasteiger partial charge in [-0.15, -0.1) is 0 Å². The fraction of sp³-hybridized carbons (Fsp3) is 0.238. The molecule has 10 heteroatoms. The van der Waals surface area contributed by atoms with Crippen LogP contribution in [0.2, 0.25) is 0 Å². The van der Waals surface area contributed by atoms with Crippen molar-refractivity contribution in [1.82, 2.24) is 0 Å². The molecular weight excluding hydrogens is 408 g/mol. The van der Waals surface area contributed by atoms with Crippen molar-refractivity contribution in [2.24, 2.45) is 4.99 Å². The second-order valence-corrected chi connectivity index (χ2v) is 5.99. The molecule has 1 aliphatic rings. The molecule has 1 aromatic rings. The fourth-order valence-electron chi connectivity index (χ4n) is 2.91. The van der Waals surface area contributed by atoms with E-state index in [2.05, 4.69) is 9.73 Å². The molecule has 0 saturated heterocycles. The van der Waals surface area contributed by atoms with Gasteiger partial charge in [-0.1, -0.05) is 18.2 Å². The molecule has 0 spiro atoms. The number of methoxy groups -OCH3 is 4. The Morgan fingerprint density at radius 3 is 2.10 bits per heavy atom. The van der Waals surface area contributed by atoms with Crippen LogP contribution >= 0.6 is 0 Å². The van der Waals surface area contributed by atoms with E-state index in [4.69, 9.17) is 14.2 Å². The average Bonchev–Trinajstić information content (AvgIpc) is 3.20. The van der Waals surface area contributed by atoms with Crippen molar-refractivity contribution in [3.8, 4) is 6.07 Å². The molecule has 1 aliphatic heterocycles. The molecule has 1 unspecified atom stereocenters. The van der Waals surface area contributed by atoms with Gasteiger partial charge >= 0.3 is 23.9 Å². The van der Waals surface area contributed by atoms with E-state index in [1.165, 1.54) is 30.4 Å². The SMILES string of the molecule is COC(=O)C1=C(C(=O)OC)C(C#N)(/C=C\c2cccc(C(=O)OC)c2C(=O)OC)N=C1. The van der Waals surface area contributed by atoms with Crippen LogP contribution in [0.4, 0.5) is 0 Å². The number of nitrogens with zero attached hydrogens (tertiary/aromatic N) is 2. The summed E-state index contributed by atoms with van der Waals surface area (Å²) in [6, 6.07) is 6.23. The van der Waals surface area contributed by atoms with Crippen molar-refractivity contribution >= 4 is 36.2 Å². The summed E-state index contributed by atoms with van der Waals surface area (Å²) in [5, 5.41) is 9.81. The van der Waals surface area contributed by atoms with Gasteiger partial charge < -0.3 is 18.9 Å². The van der Waals surface area contributed by atoms with E-state index in [1.54, 1.807) is 0 Å². The Labute approximate surface area is 177 Å². The van der Waals surface area contributed by atoms with Gasteiger partial charge in [-0.05, 0) is 17.7 Å². The van der Waals surface area contributed by atoms with Crippen LogP contribution in [-0.4, -0.2) is 64.1 Å². The van der Waals surface area contributed by atoms with Crippen molar-refractivity contribution in [2.45, 2.75) is 5.54 Å². The van der Waals surface area contributed by atoms with E-state index in [-0.39, 0.29) is 27.8 Å². The number of rotatable bonds is 6. The van der Waals surface area contributed by atoms with Crippen LogP contribution in [0.15, 0.2) is 40.4 Å². The number of carbonyl (C=O) groups excluding carboxylic acids is 4. The van der Waals surface area contributed by atoms with E-state index < -0.39 is 29.4 Å². The van der Waals surface area contributed by atoms with Crippen LogP contribution in [0.1, 0.15) is 26.3 Å². The minimum absolute atomic E-state index is 0.0589.